The molecular formula is C30H50O3. The van der Waals surface area contributed by atoms with Crippen LogP contribution < -0.4 is 0 Å². The fourth-order valence-electron chi connectivity index (χ4n) is 7.34. The van der Waals surface area contributed by atoms with E-state index >= 15 is 0 Å². The molecule has 3 aliphatic carbocycles. The average Bonchev–Trinajstić information content (AvgIpc) is 3.10. The number of allylic oxidation sites excluding steroid dienone is 3. The summed E-state index contributed by atoms with van der Waals surface area (Å²) < 4.78 is 0. The van der Waals surface area contributed by atoms with Crippen LogP contribution in [0, 0.1) is 28.6 Å². The number of hydrogen-bond donors (Lipinski definition) is 3. The first kappa shape index (κ1) is 26.7. The Morgan fingerprint density at radius 3 is 2.52 bits per heavy atom. The first-order valence-electron chi connectivity index (χ1n) is 13.5. The van der Waals surface area contributed by atoms with Crippen molar-refractivity contribution in [2.75, 3.05) is 0 Å². The van der Waals surface area contributed by atoms with Crippen LogP contribution in [0.1, 0.15) is 106 Å². The highest BCUT2D eigenvalue weighted by molar-refractivity contribution is 5.38. The van der Waals surface area contributed by atoms with Crippen molar-refractivity contribution in [2.24, 2.45) is 28.6 Å². The third kappa shape index (κ3) is 5.36. The van der Waals surface area contributed by atoms with Crippen LogP contribution in [0.2, 0.25) is 0 Å². The molecule has 0 saturated heterocycles. The van der Waals surface area contributed by atoms with Crippen LogP contribution in [0.5, 0.6) is 0 Å². The third-order valence-corrected chi connectivity index (χ3v) is 10.4. The first-order valence-corrected chi connectivity index (χ1v) is 13.5. The van der Waals surface area contributed by atoms with Gasteiger partial charge in [-0.05, 0) is 111 Å². The summed E-state index contributed by atoms with van der Waals surface area (Å²) in [6, 6.07) is 0. The Bertz CT molecular complexity index is 772. The van der Waals surface area contributed by atoms with Crippen LogP contribution >= 0.6 is 0 Å². The summed E-state index contributed by atoms with van der Waals surface area (Å²) in [7, 11) is 0. The van der Waals surface area contributed by atoms with Crippen molar-refractivity contribution in [3.05, 3.63) is 35.5 Å². The Morgan fingerprint density at radius 1 is 1.18 bits per heavy atom. The normalized spacial score (nSPS) is 38.4. The van der Waals surface area contributed by atoms with Gasteiger partial charge in [0.05, 0.1) is 17.8 Å². The van der Waals surface area contributed by atoms with Gasteiger partial charge >= 0.3 is 0 Å². The van der Waals surface area contributed by atoms with Gasteiger partial charge in [0.25, 0.3) is 0 Å². The Kier molecular flexibility index (Phi) is 8.09. The van der Waals surface area contributed by atoms with E-state index in [4.69, 9.17) is 0 Å². The number of aliphatic hydroxyl groups excluding tert-OH is 2. The van der Waals surface area contributed by atoms with Crippen LogP contribution in [0.25, 0.3) is 0 Å². The molecule has 3 nitrogen and oxygen atoms in total. The zero-order chi connectivity index (χ0) is 24.6. The van der Waals surface area contributed by atoms with Crippen LogP contribution in [-0.2, 0) is 0 Å². The van der Waals surface area contributed by atoms with Gasteiger partial charge in [0.2, 0.25) is 0 Å². The molecule has 188 valence electrons. The van der Waals surface area contributed by atoms with Gasteiger partial charge in [0.15, 0.2) is 0 Å². The van der Waals surface area contributed by atoms with E-state index in [1.54, 1.807) is 5.57 Å². The fourth-order valence-corrected chi connectivity index (χ4v) is 7.34. The van der Waals surface area contributed by atoms with Gasteiger partial charge in [-0.3, -0.25) is 0 Å². The van der Waals surface area contributed by atoms with E-state index in [1.807, 2.05) is 13.8 Å². The maximum atomic E-state index is 10.8. The molecule has 0 amide bonds. The van der Waals surface area contributed by atoms with Gasteiger partial charge in [-0.1, -0.05) is 52.0 Å². The van der Waals surface area contributed by atoms with E-state index in [0.29, 0.717) is 30.1 Å². The zero-order valence-electron chi connectivity index (χ0n) is 22.2. The van der Waals surface area contributed by atoms with Crippen molar-refractivity contribution < 1.29 is 15.3 Å². The molecule has 0 heterocycles. The number of hydrogen-bond acceptors (Lipinski definition) is 3. The quantitative estimate of drug-likeness (QED) is 0.396. The molecule has 1 unspecified atom stereocenters. The lowest BCUT2D eigenvalue weighted by molar-refractivity contribution is -0.0576. The zero-order valence-corrected chi connectivity index (χ0v) is 22.2. The second-order valence-corrected chi connectivity index (χ2v) is 12.7. The second-order valence-electron chi connectivity index (χ2n) is 12.7. The van der Waals surface area contributed by atoms with Gasteiger partial charge in [0, 0.05) is 6.42 Å². The summed E-state index contributed by atoms with van der Waals surface area (Å²) in [6.45, 7) is 17.5. The van der Waals surface area contributed by atoms with Gasteiger partial charge in [-0.15, -0.1) is 0 Å². The minimum Gasteiger partial charge on any atom is -0.393 e. The summed E-state index contributed by atoms with van der Waals surface area (Å²) in [6.07, 6.45) is 13.9. The van der Waals surface area contributed by atoms with E-state index in [0.717, 1.165) is 36.3 Å². The van der Waals surface area contributed by atoms with Crippen LogP contribution in [0.3, 0.4) is 0 Å². The predicted octanol–water partition coefficient (Wildman–Crippen LogP) is 6.73. The summed E-state index contributed by atoms with van der Waals surface area (Å²) in [4.78, 5) is 0. The van der Waals surface area contributed by atoms with Gasteiger partial charge in [-0.2, -0.15) is 0 Å². The summed E-state index contributed by atoms with van der Waals surface area (Å²) >= 11 is 0. The standard InChI is InChI=1S/C30H50O3/c1-8-29(6,28(4,5)33)17-15-20(2)25-13-14-26-22(10-9-16-30(25,26)7)11-12-23-18-24(31)19-27(32)21(23)3/h11-12,20,24-27,31-33H,3,8-10,13-19H2,1-2,4-7H3/b22-11+,23-12-/t20-,24-,25?,26+,27+,29+,30-/m1/s1. The Balaban J connectivity index is 1.73. The molecule has 0 aromatic heterocycles. The van der Waals surface area contributed by atoms with E-state index in [9.17, 15) is 15.3 Å². The minimum absolute atomic E-state index is 0.0402. The van der Waals surface area contributed by atoms with Gasteiger partial charge in [-0.25, -0.2) is 0 Å². The molecule has 0 spiro atoms. The SMILES string of the molecule is C=C1/C(=C\C=C2/CCC[C@]3(C)C([C@H](C)CC[C@](C)(CC)C(C)(C)O)CC[C@@H]23)C[C@@H](O)C[C@@H]1O. The predicted molar refractivity (Wildman–Crippen MR) is 138 cm³/mol. The molecule has 3 saturated carbocycles. The molecule has 33 heavy (non-hydrogen) atoms. The minimum atomic E-state index is -0.651. The molecule has 3 rings (SSSR count). The van der Waals surface area contributed by atoms with E-state index < -0.39 is 17.8 Å². The lowest BCUT2D eigenvalue weighted by Crippen LogP contribution is -2.41. The average molecular weight is 459 g/mol. The largest absolute Gasteiger partial charge is 0.393 e. The van der Waals surface area contributed by atoms with Crippen LogP contribution in [0.4, 0.5) is 0 Å². The highest BCUT2D eigenvalue weighted by Gasteiger charge is 2.51. The highest BCUT2D eigenvalue weighted by Crippen LogP contribution is 2.60. The van der Waals surface area contributed by atoms with Crippen molar-refractivity contribution in [3.8, 4) is 0 Å². The topological polar surface area (TPSA) is 60.7 Å². The van der Waals surface area contributed by atoms with Gasteiger partial charge < -0.3 is 15.3 Å². The Labute approximate surface area is 203 Å². The number of aliphatic hydroxyl groups is 3. The van der Waals surface area contributed by atoms with Crippen molar-refractivity contribution in [3.63, 3.8) is 0 Å². The molecule has 0 aromatic carbocycles. The molecule has 0 aromatic rings. The molecule has 0 aliphatic heterocycles. The lowest BCUT2D eigenvalue weighted by Gasteiger charge is -2.46. The molecule has 3 N–H and O–H groups in total. The monoisotopic (exact) mass is 458 g/mol. The fraction of sp³-hybridized carbons (Fsp3) is 0.800. The van der Waals surface area contributed by atoms with E-state index in [-0.39, 0.29) is 5.41 Å². The Morgan fingerprint density at radius 2 is 1.88 bits per heavy atom. The maximum Gasteiger partial charge on any atom is 0.0811 e. The van der Waals surface area contributed by atoms with Gasteiger partial charge in [0.1, 0.15) is 0 Å². The van der Waals surface area contributed by atoms with Crippen molar-refractivity contribution in [1.29, 1.82) is 0 Å². The lowest BCUT2D eigenvalue weighted by atomic mass is 9.60. The molecule has 0 bridgehead atoms. The number of fused-ring (bicyclic) bond motifs is 1. The van der Waals surface area contributed by atoms with Crippen molar-refractivity contribution in [2.45, 2.75) is 124 Å². The van der Waals surface area contributed by atoms with Crippen molar-refractivity contribution >= 4 is 0 Å². The van der Waals surface area contributed by atoms with E-state index in [2.05, 4.69) is 46.4 Å². The Hall–Kier alpha value is -0.900. The highest BCUT2D eigenvalue weighted by atomic mass is 16.3. The first-order chi connectivity index (χ1) is 15.3. The van der Waals surface area contributed by atoms with Crippen LogP contribution in [0.15, 0.2) is 35.5 Å². The maximum absolute atomic E-state index is 10.8. The molecule has 3 aliphatic rings. The molecule has 3 fully saturated rings. The van der Waals surface area contributed by atoms with Crippen molar-refractivity contribution in [1.82, 2.24) is 0 Å². The summed E-state index contributed by atoms with van der Waals surface area (Å²) in [5.74, 6) is 2.03. The molecular weight excluding hydrogens is 408 g/mol. The smallest absolute Gasteiger partial charge is 0.0811 e. The molecule has 3 heteroatoms. The summed E-state index contributed by atoms with van der Waals surface area (Å²) in [5.41, 5.74) is 3.00. The number of rotatable bonds is 7. The van der Waals surface area contributed by atoms with E-state index in [1.165, 1.54) is 32.1 Å². The van der Waals surface area contributed by atoms with Crippen LogP contribution in [-0.4, -0.2) is 33.1 Å². The third-order valence-electron chi connectivity index (χ3n) is 10.4. The molecule has 0 radical (unpaired) electrons. The second kappa shape index (κ2) is 9.99. The summed E-state index contributed by atoms with van der Waals surface area (Å²) in [5, 5.41) is 31.0. The molecule has 7 atom stereocenters.